The molecule has 7 rings (SSSR count). The van der Waals surface area contributed by atoms with Gasteiger partial charge >= 0.3 is 0 Å². The fourth-order valence-corrected chi connectivity index (χ4v) is 5.70. The molecule has 43 heavy (non-hydrogen) atoms. The molecule has 1 heteroatoms. The molecule has 0 aliphatic rings. The summed E-state index contributed by atoms with van der Waals surface area (Å²) in [7, 11) is 0. The van der Waals surface area contributed by atoms with Crippen LogP contribution in [0.3, 0.4) is 0 Å². The molecule has 0 saturated heterocycles. The highest BCUT2D eigenvalue weighted by Gasteiger charge is 2.13. The third-order valence-electron chi connectivity index (χ3n) is 7.86. The highest BCUT2D eigenvalue weighted by molar-refractivity contribution is 5.83. The molecule has 0 aliphatic carbocycles. The molecule has 0 spiro atoms. The summed E-state index contributed by atoms with van der Waals surface area (Å²) >= 11 is 0. The topological polar surface area (TPSA) is 12.9 Å². The van der Waals surface area contributed by atoms with E-state index in [-0.39, 0.29) is 0 Å². The van der Waals surface area contributed by atoms with E-state index in [1.54, 1.807) is 0 Å². The van der Waals surface area contributed by atoms with Crippen molar-refractivity contribution in [1.82, 2.24) is 4.98 Å². The van der Waals surface area contributed by atoms with Crippen LogP contribution in [0.1, 0.15) is 5.56 Å². The summed E-state index contributed by atoms with van der Waals surface area (Å²) < 4.78 is 0. The number of pyridine rings is 1. The summed E-state index contributed by atoms with van der Waals surface area (Å²) in [4.78, 5) is 5.31. The summed E-state index contributed by atoms with van der Waals surface area (Å²) in [6.07, 6.45) is 0. The first kappa shape index (κ1) is 26.4. The van der Waals surface area contributed by atoms with Gasteiger partial charge < -0.3 is 0 Å². The van der Waals surface area contributed by atoms with Gasteiger partial charge in [0.15, 0.2) is 0 Å². The molecule has 0 N–H and O–H groups in total. The Hall–Kier alpha value is -5.53. The van der Waals surface area contributed by atoms with Gasteiger partial charge in [0.05, 0.1) is 11.4 Å². The molecule has 204 valence electrons. The average molecular weight is 550 g/mol. The van der Waals surface area contributed by atoms with Gasteiger partial charge in [0.2, 0.25) is 0 Å². The zero-order valence-corrected chi connectivity index (χ0v) is 24.1. The first-order valence-corrected chi connectivity index (χ1v) is 14.7. The van der Waals surface area contributed by atoms with Gasteiger partial charge in [-0.1, -0.05) is 121 Å². The van der Waals surface area contributed by atoms with E-state index in [4.69, 9.17) is 4.98 Å². The number of nitrogens with zero attached hydrogens (tertiary/aromatic N) is 1. The van der Waals surface area contributed by atoms with Crippen molar-refractivity contribution in [2.24, 2.45) is 0 Å². The third kappa shape index (κ3) is 5.80. The van der Waals surface area contributed by atoms with E-state index >= 15 is 0 Å². The second-order valence-electron chi connectivity index (χ2n) is 11.0. The number of hydrogen-bond acceptors (Lipinski definition) is 1. The van der Waals surface area contributed by atoms with Crippen LogP contribution in [0.15, 0.2) is 170 Å². The first-order valence-electron chi connectivity index (χ1n) is 14.7. The summed E-state index contributed by atoms with van der Waals surface area (Å²) in [6, 6.07) is 60.4. The van der Waals surface area contributed by atoms with Gasteiger partial charge in [0, 0.05) is 11.1 Å². The van der Waals surface area contributed by atoms with Crippen molar-refractivity contribution in [2.45, 2.75) is 6.92 Å². The number of hydrogen-bond donors (Lipinski definition) is 0. The molecule has 0 saturated carbocycles. The maximum Gasteiger partial charge on any atom is 0.0712 e. The van der Waals surface area contributed by atoms with Crippen LogP contribution in [0.25, 0.3) is 67.0 Å². The Balaban J connectivity index is 1.40. The maximum atomic E-state index is 5.31. The lowest BCUT2D eigenvalue weighted by molar-refractivity contribution is 1.29. The molecule has 6 aromatic carbocycles. The van der Waals surface area contributed by atoms with Crippen LogP contribution in [-0.2, 0) is 0 Å². The molecular formula is C42H31N. The third-order valence-corrected chi connectivity index (χ3v) is 7.86. The van der Waals surface area contributed by atoms with Crippen molar-refractivity contribution in [2.75, 3.05) is 0 Å². The van der Waals surface area contributed by atoms with Crippen LogP contribution in [0.4, 0.5) is 0 Å². The molecular weight excluding hydrogens is 518 g/mol. The Kier molecular flexibility index (Phi) is 7.21. The predicted octanol–water partition coefficient (Wildman–Crippen LogP) is 11.4. The van der Waals surface area contributed by atoms with Crippen molar-refractivity contribution in [3.63, 3.8) is 0 Å². The highest BCUT2D eigenvalue weighted by atomic mass is 14.7. The van der Waals surface area contributed by atoms with Crippen molar-refractivity contribution >= 4 is 0 Å². The minimum atomic E-state index is 0.969. The Labute approximate surface area is 253 Å². The SMILES string of the molecule is Cc1cc(-c2cc(-c3ccccc3)cc(-c3ccccc3)c2)nc(-c2cc(-c3ccccc3)cc(-c3ccccc3)c2)c1. The standard InChI is InChI=1S/C42H31N/c1-30-22-41(39-26-35(31-14-6-2-7-15-31)24-36(27-39)32-16-8-3-9-17-32)43-42(23-30)40-28-37(33-18-10-4-11-19-33)25-38(29-40)34-20-12-5-13-21-34/h2-29H,1H3. The van der Waals surface area contributed by atoms with Crippen LogP contribution >= 0.6 is 0 Å². The van der Waals surface area contributed by atoms with Crippen LogP contribution < -0.4 is 0 Å². The minimum absolute atomic E-state index is 0.969. The number of benzene rings is 6. The molecule has 0 bridgehead atoms. The summed E-state index contributed by atoms with van der Waals surface area (Å²) in [6.45, 7) is 2.16. The predicted molar refractivity (Wildman–Crippen MR) is 182 cm³/mol. The first-order chi connectivity index (χ1) is 21.2. The van der Waals surface area contributed by atoms with Crippen LogP contribution in [0, 0.1) is 6.92 Å². The molecule has 0 amide bonds. The second kappa shape index (κ2) is 11.8. The van der Waals surface area contributed by atoms with Gasteiger partial charge in [0.25, 0.3) is 0 Å². The zero-order chi connectivity index (χ0) is 29.0. The van der Waals surface area contributed by atoms with Crippen LogP contribution in [0.5, 0.6) is 0 Å². The Morgan fingerprint density at radius 1 is 0.279 bits per heavy atom. The molecule has 0 atom stereocenters. The smallest absolute Gasteiger partial charge is 0.0712 e. The quantitative estimate of drug-likeness (QED) is 0.201. The van der Waals surface area contributed by atoms with Crippen LogP contribution in [-0.4, -0.2) is 4.98 Å². The lowest BCUT2D eigenvalue weighted by Crippen LogP contribution is -1.93. The largest absolute Gasteiger partial charge is 0.248 e. The van der Waals surface area contributed by atoms with Gasteiger partial charge in [-0.2, -0.15) is 0 Å². The fraction of sp³-hybridized carbons (Fsp3) is 0.0238. The maximum absolute atomic E-state index is 5.31. The number of aryl methyl sites for hydroxylation is 1. The van der Waals surface area contributed by atoms with E-state index < -0.39 is 0 Å². The van der Waals surface area contributed by atoms with Gasteiger partial charge in [-0.05, 0) is 106 Å². The van der Waals surface area contributed by atoms with Gasteiger partial charge in [-0.15, -0.1) is 0 Å². The number of rotatable bonds is 6. The zero-order valence-electron chi connectivity index (χ0n) is 24.1. The normalized spacial score (nSPS) is 10.9. The highest BCUT2D eigenvalue weighted by Crippen LogP contribution is 2.36. The van der Waals surface area contributed by atoms with Gasteiger partial charge in [-0.25, -0.2) is 4.98 Å². The molecule has 0 radical (unpaired) electrons. The Morgan fingerprint density at radius 3 is 0.814 bits per heavy atom. The summed E-state index contributed by atoms with van der Waals surface area (Å²) in [5, 5.41) is 0. The van der Waals surface area contributed by atoms with Crippen molar-refractivity contribution in [1.29, 1.82) is 0 Å². The molecule has 1 nitrogen and oxygen atoms in total. The average Bonchev–Trinajstić information content (AvgIpc) is 3.09. The molecule has 0 unspecified atom stereocenters. The van der Waals surface area contributed by atoms with E-state index in [1.807, 2.05) is 0 Å². The summed E-state index contributed by atoms with van der Waals surface area (Å²) in [5.74, 6) is 0. The van der Waals surface area contributed by atoms with E-state index in [0.717, 1.165) is 22.5 Å². The second-order valence-corrected chi connectivity index (χ2v) is 11.0. The molecule has 1 aromatic heterocycles. The molecule has 7 aromatic rings. The van der Waals surface area contributed by atoms with Gasteiger partial charge in [-0.3, -0.25) is 0 Å². The lowest BCUT2D eigenvalue weighted by Gasteiger charge is -2.14. The Morgan fingerprint density at radius 2 is 0.535 bits per heavy atom. The number of aromatic nitrogens is 1. The fourth-order valence-electron chi connectivity index (χ4n) is 5.70. The van der Waals surface area contributed by atoms with Crippen molar-refractivity contribution < 1.29 is 0 Å². The van der Waals surface area contributed by atoms with Crippen LogP contribution in [0.2, 0.25) is 0 Å². The Bertz CT molecular complexity index is 1730. The van der Waals surface area contributed by atoms with Gasteiger partial charge in [0.1, 0.15) is 0 Å². The molecule has 0 aliphatic heterocycles. The molecule has 1 heterocycles. The van der Waals surface area contributed by atoms with E-state index in [1.165, 1.54) is 50.1 Å². The van der Waals surface area contributed by atoms with E-state index in [9.17, 15) is 0 Å². The van der Waals surface area contributed by atoms with E-state index in [2.05, 4.69) is 177 Å². The monoisotopic (exact) mass is 549 g/mol. The lowest BCUT2D eigenvalue weighted by atomic mass is 9.93. The van der Waals surface area contributed by atoms with E-state index in [0.29, 0.717) is 0 Å². The van der Waals surface area contributed by atoms with Crippen molar-refractivity contribution in [3.8, 4) is 67.0 Å². The summed E-state index contributed by atoms with van der Waals surface area (Å²) in [5.41, 5.74) is 14.8. The minimum Gasteiger partial charge on any atom is -0.248 e. The molecule has 0 fully saturated rings. The van der Waals surface area contributed by atoms with Crippen molar-refractivity contribution in [3.05, 3.63) is 175 Å².